The van der Waals surface area contributed by atoms with Gasteiger partial charge in [0.1, 0.15) is 17.7 Å². The number of carbonyl (C=O) groups is 4. The van der Waals surface area contributed by atoms with Crippen molar-refractivity contribution in [3.8, 4) is 0 Å². The maximum Gasteiger partial charge on any atom is 0.414 e. The van der Waals surface area contributed by atoms with E-state index in [1.807, 2.05) is 24.3 Å². The summed E-state index contributed by atoms with van der Waals surface area (Å²) in [6.45, 7) is 7.56. The van der Waals surface area contributed by atoms with Crippen molar-refractivity contribution in [2.45, 2.75) is 63.3 Å². The highest BCUT2D eigenvalue weighted by Crippen LogP contribution is 2.38. The first kappa shape index (κ1) is 23.6. The van der Waals surface area contributed by atoms with Gasteiger partial charge in [0.2, 0.25) is 11.8 Å². The lowest BCUT2D eigenvalue weighted by Gasteiger charge is -2.30. The van der Waals surface area contributed by atoms with Crippen LogP contribution in [0, 0.1) is 0 Å². The molecule has 3 atom stereocenters. The number of amides is 3. The van der Waals surface area contributed by atoms with Crippen LogP contribution in [0.5, 0.6) is 0 Å². The molecule has 0 spiro atoms. The number of hydrogen-bond donors (Lipinski definition) is 3. The average molecular weight is 471 g/mol. The lowest BCUT2D eigenvalue weighted by atomic mass is 10.1. The van der Waals surface area contributed by atoms with Crippen LogP contribution < -0.4 is 15.5 Å². The summed E-state index contributed by atoms with van der Waals surface area (Å²) < 4.78 is 5.79. The SMILES string of the molecule is C=C(NC1(C(=O)O)CC1)[C@@H]1C[C@@H](OC(=O)N2CCc3ccccc32)CN1C(=O)[C@H](C)NC(C)=O. The fourth-order valence-electron chi connectivity index (χ4n) is 4.71. The first-order valence-electron chi connectivity index (χ1n) is 11.5. The number of fused-ring (bicyclic) bond motifs is 1. The maximum absolute atomic E-state index is 13.1. The van der Waals surface area contributed by atoms with E-state index in [1.165, 1.54) is 11.8 Å². The van der Waals surface area contributed by atoms with Crippen LogP contribution in [0.15, 0.2) is 36.5 Å². The van der Waals surface area contributed by atoms with Gasteiger partial charge in [0, 0.05) is 25.6 Å². The van der Waals surface area contributed by atoms with Crippen LogP contribution in [-0.4, -0.2) is 70.7 Å². The number of rotatable bonds is 7. The van der Waals surface area contributed by atoms with Gasteiger partial charge in [-0.15, -0.1) is 0 Å². The van der Waals surface area contributed by atoms with Crippen molar-refractivity contribution < 1.29 is 29.0 Å². The molecule has 0 radical (unpaired) electrons. The number of para-hydroxylation sites is 1. The summed E-state index contributed by atoms with van der Waals surface area (Å²) >= 11 is 0. The number of anilines is 1. The van der Waals surface area contributed by atoms with Crippen molar-refractivity contribution in [1.29, 1.82) is 0 Å². The van der Waals surface area contributed by atoms with Crippen LogP contribution in [0.2, 0.25) is 0 Å². The van der Waals surface area contributed by atoms with Gasteiger partial charge >= 0.3 is 12.1 Å². The summed E-state index contributed by atoms with van der Waals surface area (Å²) in [7, 11) is 0. The Labute approximate surface area is 197 Å². The zero-order valence-electron chi connectivity index (χ0n) is 19.4. The number of benzene rings is 1. The van der Waals surface area contributed by atoms with E-state index in [2.05, 4.69) is 17.2 Å². The minimum absolute atomic E-state index is 0.120. The molecule has 10 nitrogen and oxygen atoms in total. The van der Waals surface area contributed by atoms with Crippen LogP contribution in [0.1, 0.15) is 38.7 Å². The van der Waals surface area contributed by atoms with Crippen LogP contribution >= 0.6 is 0 Å². The summed E-state index contributed by atoms with van der Waals surface area (Å²) in [6, 6.07) is 6.28. The van der Waals surface area contributed by atoms with E-state index in [0.29, 0.717) is 25.1 Å². The van der Waals surface area contributed by atoms with Crippen molar-refractivity contribution in [3.63, 3.8) is 0 Å². The molecule has 1 aromatic carbocycles. The molecule has 1 aromatic rings. The minimum atomic E-state index is -1.07. The molecule has 2 heterocycles. The summed E-state index contributed by atoms with van der Waals surface area (Å²) in [5, 5.41) is 15.1. The second-order valence-corrected chi connectivity index (χ2v) is 9.24. The van der Waals surface area contributed by atoms with Crippen LogP contribution in [0.4, 0.5) is 10.5 Å². The minimum Gasteiger partial charge on any atom is -0.480 e. The fraction of sp³-hybridized carbons (Fsp3) is 0.500. The van der Waals surface area contributed by atoms with Crippen LogP contribution in [0.25, 0.3) is 0 Å². The van der Waals surface area contributed by atoms with Crippen molar-refractivity contribution in [2.24, 2.45) is 0 Å². The Hall–Kier alpha value is -3.56. The predicted octanol–water partition coefficient (Wildman–Crippen LogP) is 1.40. The van der Waals surface area contributed by atoms with Gasteiger partial charge in [0.25, 0.3) is 0 Å². The number of ether oxygens (including phenoxy) is 1. The van der Waals surface area contributed by atoms with Gasteiger partial charge in [-0.25, -0.2) is 9.59 Å². The first-order chi connectivity index (χ1) is 16.1. The highest BCUT2D eigenvalue weighted by atomic mass is 16.6. The molecular formula is C24H30N4O6. The molecule has 0 aromatic heterocycles. The molecule has 1 aliphatic carbocycles. The third-order valence-electron chi connectivity index (χ3n) is 6.67. The normalized spacial score (nSPS) is 23.0. The Morgan fingerprint density at radius 3 is 2.59 bits per heavy atom. The number of hydrogen-bond acceptors (Lipinski definition) is 6. The standard InChI is InChI=1S/C24H30N4O6/c1-14(26-24(9-10-24)22(31)32)20-12-18(13-28(20)21(30)15(2)25-16(3)29)34-23(33)27-11-8-17-6-4-5-7-19(17)27/h4-7,15,18,20,26H,1,8-13H2,2-3H3,(H,25,29)(H,31,32)/t15-,18+,20-/m0/s1. The molecule has 0 bridgehead atoms. The Morgan fingerprint density at radius 1 is 1.24 bits per heavy atom. The maximum atomic E-state index is 13.1. The van der Waals surface area contributed by atoms with Gasteiger partial charge in [-0.2, -0.15) is 0 Å². The van der Waals surface area contributed by atoms with Crippen molar-refractivity contribution in [1.82, 2.24) is 15.5 Å². The molecule has 10 heteroatoms. The van der Waals surface area contributed by atoms with Crippen molar-refractivity contribution in [3.05, 3.63) is 42.1 Å². The summed E-state index contributed by atoms with van der Waals surface area (Å²) in [4.78, 5) is 52.3. The highest BCUT2D eigenvalue weighted by molar-refractivity contribution is 5.91. The first-order valence-corrected chi connectivity index (χ1v) is 11.5. The summed E-state index contributed by atoms with van der Waals surface area (Å²) in [5.41, 5.74) is 1.21. The predicted molar refractivity (Wildman–Crippen MR) is 123 cm³/mol. The summed E-state index contributed by atoms with van der Waals surface area (Å²) in [5.74, 6) is -1.66. The Morgan fingerprint density at radius 2 is 1.94 bits per heavy atom. The third-order valence-corrected chi connectivity index (χ3v) is 6.67. The number of nitrogens with zero attached hydrogens (tertiary/aromatic N) is 2. The van der Waals surface area contributed by atoms with E-state index < -0.39 is 35.8 Å². The van der Waals surface area contributed by atoms with Gasteiger partial charge in [-0.3, -0.25) is 14.5 Å². The highest BCUT2D eigenvalue weighted by Gasteiger charge is 2.52. The van der Waals surface area contributed by atoms with Gasteiger partial charge in [0.05, 0.1) is 18.3 Å². The summed E-state index contributed by atoms with van der Waals surface area (Å²) in [6.07, 6.45) is 0.878. The second kappa shape index (κ2) is 9.00. The van der Waals surface area contributed by atoms with E-state index in [9.17, 15) is 24.3 Å². The number of aliphatic carboxylic acids is 1. The Balaban J connectivity index is 1.48. The number of carboxylic acid groups (broad SMARTS) is 1. The Kier molecular flexibility index (Phi) is 6.24. The zero-order chi connectivity index (χ0) is 24.6. The third kappa shape index (κ3) is 4.57. The monoisotopic (exact) mass is 470 g/mol. The molecule has 1 saturated heterocycles. The number of carbonyl (C=O) groups excluding carboxylic acids is 3. The quantitative estimate of drug-likeness (QED) is 0.550. The largest absolute Gasteiger partial charge is 0.480 e. The van der Waals surface area contributed by atoms with E-state index in [0.717, 1.165) is 17.7 Å². The van der Waals surface area contributed by atoms with Gasteiger partial charge < -0.3 is 25.4 Å². The molecule has 3 aliphatic rings. The van der Waals surface area contributed by atoms with E-state index >= 15 is 0 Å². The van der Waals surface area contributed by atoms with Crippen molar-refractivity contribution >= 4 is 29.6 Å². The lowest BCUT2D eigenvalue weighted by molar-refractivity contribution is -0.140. The molecule has 34 heavy (non-hydrogen) atoms. The number of likely N-dealkylation sites (tertiary alicyclic amines) is 1. The second-order valence-electron chi connectivity index (χ2n) is 9.24. The number of carboxylic acids is 1. The zero-order valence-corrected chi connectivity index (χ0v) is 19.4. The topological polar surface area (TPSA) is 128 Å². The molecule has 2 aliphatic heterocycles. The molecule has 182 valence electrons. The van der Waals surface area contributed by atoms with Gasteiger partial charge in [-0.05, 0) is 37.8 Å². The van der Waals surface area contributed by atoms with Crippen LogP contribution in [-0.2, 0) is 25.5 Å². The average Bonchev–Trinajstić information content (AvgIpc) is 3.25. The fourth-order valence-corrected chi connectivity index (χ4v) is 4.71. The van der Waals surface area contributed by atoms with Crippen LogP contribution in [0.3, 0.4) is 0 Å². The Bertz CT molecular complexity index is 1040. The van der Waals surface area contributed by atoms with Gasteiger partial charge in [0.15, 0.2) is 0 Å². The molecule has 1 saturated carbocycles. The van der Waals surface area contributed by atoms with E-state index in [4.69, 9.17) is 4.74 Å². The smallest absolute Gasteiger partial charge is 0.414 e. The molecule has 3 amide bonds. The molecule has 4 rings (SSSR count). The number of nitrogens with one attached hydrogen (secondary N) is 2. The van der Waals surface area contributed by atoms with Gasteiger partial charge in [-0.1, -0.05) is 24.8 Å². The molecule has 0 unspecified atom stereocenters. The molecule has 3 N–H and O–H groups in total. The molecule has 2 fully saturated rings. The van der Waals surface area contributed by atoms with Crippen molar-refractivity contribution in [2.75, 3.05) is 18.0 Å². The molecular weight excluding hydrogens is 440 g/mol. The van der Waals surface area contributed by atoms with E-state index in [-0.39, 0.29) is 24.8 Å². The lowest BCUT2D eigenvalue weighted by Crippen LogP contribution is -2.51. The van der Waals surface area contributed by atoms with E-state index in [1.54, 1.807) is 11.8 Å².